The number of benzene rings is 1. The number of thioether (sulfide) groups is 1. The van der Waals surface area contributed by atoms with E-state index in [1.807, 2.05) is 41.0 Å². The number of allylic oxidation sites excluding steroid dienone is 1. The molecule has 0 atom stereocenters. The minimum absolute atomic E-state index is 0.0573. The van der Waals surface area contributed by atoms with Gasteiger partial charge < -0.3 is 5.32 Å². The Morgan fingerprint density at radius 1 is 1.36 bits per heavy atom. The summed E-state index contributed by atoms with van der Waals surface area (Å²) in [6.45, 7) is 4.40. The lowest BCUT2D eigenvalue weighted by molar-refractivity contribution is -0.118. The molecule has 0 aliphatic heterocycles. The molecule has 22 heavy (non-hydrogen) atoms. The molecule has 2 aromatic rings. The highest BCUT2D eigenvalue weighted by Crippen LogP contribution is 2.24. The Morgan fingerprint density at radius 3 is 2.82 bits per heavy atom. The summed E-state index contributed by atoms with van der Waals surface area (Å²) in [6.07, 6.45) is 4.01. The molecule has 1 fully saturated rings. The van der Waals surface area contributed by atoms with Crippen molar-refractivity contribution in [2.24, 2.45) is 0 Å². The molecule has 1 saturated carbocycles. The summed E-state index contributed by atoms with van der Waals surface area (Å²) >= 11 is 1.41. The van der Waals surface area contributed by atoms with Crippen molar-refractivity contribution < 1.29 is 4.79 Å². The standard InChI is InChI=1S/C16H18N4OS/c1-2-10-20-15(12-6-4-3-5-7-12)18-19-16(20)22-11-14(21)17-13-8-9-13/h2-7,13H,1,8-11H2,(H,17,21). The Hall–Kier alpha value is -2.08. The molecule has 1 N–H and O–H groups in total. The van der Waals surface area contributed by atoms with Gasteiger partial charge in [-0.25, -0.2) is 0 Å². The van der Waals surface area contributed by atoms with Crippen LogP contribution in [0.4, 0.5) is 0 Å². The van der Waals surface area contributed by atoms with Crippen LogP contribution in [-0.2, 0) is 11.3 Å². The zero-order valence-corrected chi connectivity index (χ0v) is 13.1. The molecule has 3 rings (SSSR count). The van der Waals surface area contributed by atoms with Crippen LogP contribution < -0.4 is 5.32 Å². The van der Waals surface area contributed by atoms with Crippen molar-refractivity contribution in [2.45, 2.75) is 30.6 Å². The lowest BCUT2D eigenvalue weighted by Gasteiger charge is -2.07. The second kappa shape index (κ2) is 6.79. The van der Waals surface area contributed by atoms with Gasteiger partial charge in [-0.3, -0.25) is 9.36 Å². The van der Waals surface area contributed by atoms with Crippen LogP contribution in [0.25, 0.3) is 11.4 Å². The maximum atomic E-state index is 11.8. The van der Waals surface area contributed by atoms with Crippen LogP contribution in [0.2, 0.25) is 0 Å². The molecule has 1 aliphatic rings. The van der Waals surface area contributed by atoms with Crippen LogP contribution in [-0.4, -0.2) is 32.5 Å². The van der Waals surface area contributed by atoms with Gasteiger partial charge in [0.2, 0.25) is 5.91 Å². The summed E-state index contributed by atoms with van der Waals surface area (Å²) in [5, 5.41) is 12.2. The van der Waals surface area contributed by atoms with Gasteiger partial charge in [0, 0.05) is 18.2 Å². The third kappa shape index (κ3) is 3.57. The average molecular weight is 314 g/mol. The van der Waals surface area contributed by atoms with Crippen molar-refractivity contribution in [3.05, 3.63) is 43.0 Å². The molecule has 1 heterocycles. The molecule has 0 radical (unpaired) electrons. The van der Waals surface area contributed by atoms with Crippen molar-refractivity contribution in [3.8, 4) is 11.4 Å². The van der Waals surface area contributed by atoms with Crippen molar-refractivity contribution in [3.63, 3.8) is 0 Å². The largest absolute Gasteiger partial charge is 0.353 e. The first-order chi connectivity index (χ1) is 10.8. The highest BCUT2D eigenvalue weighted by atomic mass is 32.2. The van der Waals surface area contributed by atoms with E-state index in [9.17, 15) is 4.79 Å². The third-order valence-corrected chi connectivity index (χ3v) is 4.30. The first-order valence-corrected chi connectivity index (χ1v) is 8.28. The molecule has 114 valence electrons. The summed E-state index contributed by atoms with van der Waals surface area (Å²) in [5.41, 5.74) is 1.01. The highest BCUT2D eigenvalue weighted by Gasteiger charge is 2.23. The molecule has 5 nitrogen and oxygen atoms in total. The van der Waals surface area contributed by atoms with E-state index in [-0.39, 0.29) is 5.91 Å². The summed E-state index contributed by atoms with van der Waals surface area (Å²) in [4.78, 5) is 11.8. The van der Waals surface area contributed by atoms with Gasteiger partial charge in [0.05, 0.1) is 5.75 Å². The molecule has 1 aromatic carbocycles. The zero-order valence-electron chi connectivity index (χ0n) is 12.2. The van der Waals surface area contributed by atoms with Gasteiger partial charge in [-0.2, -0.15) is 0 Å². The fourth-order valence-corrected chi connectivity index (χ4v) is 2.88. The van der Waals surface area contributed by atoms with Crippen LogP contribution in [0.3, 0.4) is 0 Å². The summed E-state index contributed by atoms with van der Waals surface area (Å²) < 4.78 is 1.98. The van der Waals surface area contributed by atoms with E-state index in [1.165, 1.54) is 11.8 Å². The van der Waals surface area contributed by atoms with E-state index in [0.29, 0.717) is 18.3 Å². The molecular formula is C16H18N4OS. The number of carbonyl (C=O) groups is 1. The van der Waals surface area contributed by atoms with Crippen LogP contribution in [0.1, 0.15) is 12.8 Å². The molecule has 1 aromatic heterocycles. The van der Waals surface area contributed by atoms with E-state index in [0.717, 1.165) is 29.4 Å². The number of nitrogens with one attached hydrogen (secondary N) is 1. The number of carbonyl (C=O) groups excluding carboxylic acids is 1. The number of hydrogen-bond donors (Lipinski definition) is 1. The zero-order chi connectivity index (χ0) is 15.4. The number of hydrogen-bond acceptors (Lipinski definition) is 4. The molecule has 0 unspecified atom stereocenters. The van der Waals surface area contributed by atoms with Gasteiger partial charge in [0.1, 0.15) is 0 Å². The van der Waals surface area contributed by atoms with E-state index in [1.54, 1.807) is 0 Å². The number of nitrogens with zero attached hydrogens (tertiary/aromatic N) is 3. The molecule has 0 spiro atoms. The van der Waals surface area contributed by atoms with Crippen molar-refractivity contribution in [1.82, 2.24) is 20.1 Å². The molecule has 1 aliphatic carbocycles. The Bertz CT molecular complexity index is 664. The van der Waals surface area contributed by atoms with Crippen molar-refractivity contribution in [1.29, 1.82) is 0 Å². The maximum Gasteiger partial charge on any atom is 0.230 e. The SMILES string of the molecule is C=CCn1c(SCC(=O)NC2CC2)nnc1-c1ccccc1. The number of rotatable bonds is 7. The van der Waals surface area contributed by atoms with Gasteiger partial charge in [0.25, 0.3) is 0 Å². The van der Waals surface area contributed by atoms with Crippen LogP contribution in [0.5, 0.6) is 0 Å². The average Bonchev–Trinajstić information content (AvgIpc) is 3.26. The Kier molecular flexibility index (Phi) is 4.58. The first-order valence-electron chi connectivity index (χ1n) is 7.29. The minimum Gasteiger partial charge on any atom is -0.353 e. The summed E-state index contributed by atoms with van der Waals surface area (Å²) in [7, 11) is 0. The monoisotopic (exact) mass is 314 g/mol. The van der Waals surface area contributed by atoms with Crippen molar-refractivity contribution >= 4 is 17.7 Å². The minimum atomic E-state index is 0.0573. The van der Waals surface area contributed by atoms with E-state index >= 15 is 0 Å². The Balaban J connectivity index is 1.74. The maximum absolute atomic E-state index is 11.8. The van der Waals surface area contributed by atoms with Crippen molar-refractivity contribution in [2.75, 3.05) is 5.75 Å². The topological polar surface area (TPSA) is 59.8 Å². The number of amides is 1. The van der Waals surface area contributed by atoms with E-state index in [4.69, 9.17) is 0 Å². The third-order valence-electron chi connectivity index (χ3n) is 3.34. The van der Waals surface area contributed by atoms with Gasteiger partial charge in [-0.05, 0) is 12.8 Å². The van der Waals surface area contributed by atoms with Gasteiger partial charge in [-0.15, -0.1) is 16.8 Å². The van der Waals surface area contributed by atoms with Crippen LogP contribution >= 0.6 is 11.8 Å². The van der Waals surface area contributed by atoms with Gasteiger partial charge in [-0.1, -0.05) is 48.2 Å². The molecule has 1 amide bonds. The lowest BCUT2D eigenvalue weighted by Crippen LogP contribution is -2.27. The second-order valence-electron chi connectivity index (χ2n) is 5.20. The summed E-state index contributed by atoms with van der Waals surface area (Å²) in [5.74, 6) is 1.22. The molecule has 0 saturated heterocycles. The smallest absolute Gasteiger partial charge is 0.230 e. The normalized spacial score (nSPS) is 13.8. The summed E-state index contributed by atoms with van der Waals surface area (Å²) in [6, 6.07) is 10.3. The Morgan fingerprint density at radius 2 is 2.14 bits per heavy atom. The predicted octanol–water partition coefficient (Wildman–Crippen LogP) is 2.50. The highest BCUT2D eigenvalue weighted by molar-refractivity contribution is 7.99. The lowest BCUT2D eigenvalue weighted by atomic mass is 10.2. The van der Waals surface area contributed by atoms with Gasteiger partial charge >= 0.3 is 0 Å². The van der Waals surface area contributed by atoms with E-state index in [2.05, 4.69) is 22.1 Å². The van der Waals surface area contributed by atoms with Gasteiger partial charge in [0.15, 0.2) is 11.0 Å². The predicted molar refractivity (Wildman–Crippen MR) is 87.5 cm³/mol. The Labute approximate surface area is 133 Å². The quantitative estimate of drug-likeness (QED) is 0.630. The van der Waals surface area contributed by atoms with E-state index < -0.39 is 0 Å². The fraction of sp³-hybridized carbons (Fsp3) is 0.312. The molecular weight excluding hydrogens is 296 g/mol. The van der Waals surface area contributed by atoms with Crippen LogP contribution in [0.15, 0.2) is 48.1 Å². The fourth-order valence-electron chi connectivity index (χ4n) is 2.12. The first kappa shape index (κ1) is 14.8. The van der Waals surface area contributed by atoms with Crippen LogP contribution in [0, 0.1) is 0 Å². The molecule has 0 bridgehead atoms. The molecule has 6 heteroatoms. The second-order valence-corrected chi connectivity index (χ2v) is 6.14. The number of aromatic nitrogens is 3.